The number of hydrogen-bond donors (Lipinski definition) is 3. The fourth-order valence-corrected chi connectivity index (χ4v) is 5.58. The van der Waals surface area contributed by atoms with Crippen LogP contribution in [0, 0.1) is 0 Å². The molecule has 3 unspecified atom stereocenters. The second-order valence-corrected chi connectivity index (χ2v) is 10.2. The summed E-state index contributed by atoms with van der Waals surface area (Å²) in [5, 5.41) is 19.0. The highest BCUT2D eigenvalue weighted by Crippen LogP contribution is 2.45. The normalized spacial score (nSPS) is 26.9. The van der Waals surface area contributed by atoms with Crippen molar-refractivity contribution >= 4 is 10.0 Å². The summed E-state index contributed by atoms with van der Waals surface area (Å²) in [6.07, 6.45) is 2.82. The topological polar surface area (TPSA) is 95.7 Å². The molecule has 4 rings (SSSR count). The zero-order chi connectivity index (χ0) is 20.8. The molecular formula is C22H29N3O3S. The lowest BCUT2D eigenvalue weighted by atomic mass is 9.61. The van der Waals surface area contributed by atoms with Crippen LogP contribution in [-0.2, 0) is 28.3 Å². The Bertz CT molecular complexity index is 1010. The van der Waals surface area contributed by atoms with Crippen LogP contribution in [0.4, 0.5) is 0 Å². The van der Waals surface area contributed by atoms with Crippen LogP contribution in [0.1, 0.15) is 30.0 Å². The van der Waals surface area contributed by atoms with E-state index in [1.165, 1.54) is 11.1 Å². The van der Waals surface area contributed by atoms with Crippen molar-refractivity contribution in [1.82, 2.24) is 10.2 Å². The van der Waals surface area contributed by atoms with Gasteiger partial charge in [-0.15, -0.1) is 0 Å². The molecule has 2 aliphatic rings. The Morgan fingerprint density at radius 3 is 2.66 bits per heavy atom. The maximum absolute atomic E-state index is 11.4. The molecule has 1 heterocycles. The molecule has 0 spiro atoms. The lowest BCUT2D eigenvalue weighted by Gasteiger charge is -2.55. The van der Waals surface area contributed by atoms with E-state index < -0.39 is 10.0 Å². The number of fused-ring (bicyclic) bond motifs is 4. The molecule has 2 bridgehead atoms. The molecule has 0 radical (unpaired) electrons. The van der Waals surface area contributed by atoms with E-state index in [1.807, 2.05) is 18.2 Å². The van der Waals surface area contributed by atoms with Gasteiger partial charge < -0.3 is 15.3 Å². The first-order valence-corrected chi connectivity index (χ1v) is 11.6. The van der Waals surface area contributed by atoms with Crippen molar-refractivity contribution in [3.8, 4) is 5.75 Å². The van der Waals surface area contributed by atoms with E-state index >= 15 is 0 Å². The second kappa shape index (κ2) is 7.40. The minimum Gasteiger partial charge on any atom is -0.508 e. The number of rotatable bonds is 5. The van der Waals surface area contributed by atoms with Gasteiger partial charge in [0.15, 0.2) is 0 Å². The van der Waals surface area contributed by atoms with Crippen LogP contribution in [0.25, 0.3) is 0 Å². The number of likely N-dealkylation sites (tertiary alicyclic amines) is 1. The highest BCUT2D eigenvalue weighted by Gasteiger charge is 2.49. The highest BCUT2D eigenvalue weighted by molar-refractivity contribution is 7.89. The summed E-state index contributed by atoms with van der Waals surface area (Å²) in [5.41, 5.74) is 3.64. The number of nitrogens with one attached hydrogen (secondary N) is 1. The smallest absolute Gasteiger partial charge is 0.238 e. The number of aromatic hydroxyl groups is 1. The zero-order valence-corrected chi connectivity index (χ0v) is 17.7. The van der Waals surface area contributed by atoms with Crippen LogP contribution < -0.4 is 10.5 Å². The van der Waals surface area contributed by atoms with Crippen LogP contribution in [0.3, 0.4) is 0 Å². The molecule has 0 saturated carbocycles. The van der Waals surface area contributed by atoms with Crippen molar-refractivity contribution in [2.75, 3.05) is 20.1 Å². The summed E-state index contributed by atoms with van der Waals surface area (Å²) < 4.78 is 22.8. The van der Waals surface area contributed by atoms with Crippen LogP contribution in [0.2, 0.25) is 0 Å². The van der Waals surface area contributed by atoms with Crippen molar-refractivity contribution in [2.45, 2.75) is 48.6 Å². The molecular weight excluding hydrogens is 386 g/mol. The van der Waals surface area contributed by atoms with Gasteiger partial charge in [-0.05, 0) is 80.4 Å². The van der Waals surface area contributed by atoms with Gasteiger partial charge in [0.05, 0.1) is 4.90 Å². The van der Waals surface area contributed by atoms with Crippen molar-refractivity contribution in [2.24, 2.45) is 5.14 Å². The first-order valence-electron chi connectivity index (χ1n) is 10.1. The molecule has 3 atom stereocenters. The summed E-state index contributed by atoms with van der Waals surface area (Å²) in [6, 6.07) is 13.3. The van der Waals surface area contributed by atoms with Gasteiger partial charge in [-0.1, -0.05) is 25.1 Å². The van der Waals surface area contributed by atoms with E-state index in [0.29, 0.717) is 17.8 Å². The fourth-order valence-electron chi connectivity index (χ4n) is 5.06. The maximum Gasteiger partial charge on any atom is 0.238 e. The Labute approximate surface area is 172 Å². The number of nitrogens with zero attached hydrogens (tertiary/aromatic N) is 1. The SMILES string of the molecule is CN1CCC2(C)c3cc(O)ccc3CC1C2NCCc1ccc(S(N)(=O)=O)cc1. The number of hydrogen-bond acceptors (Lipinski definition) is 5. The van der Waals surface area contributed by atoms with Gasteiger partial charge in [-0.3, -0.25) is 0 Å². The van der Waals surface area contributed by atoms with E-state index in [4.69, 9.17) is 5.14 Å². The standard InChI is InChI=1S/C22H29N3O3S/c1-22-10-12-25(2)20(13-16-5-6-17(26)14-19(16)22)21(22)24-11-9-15-3-7-18(8-4-15)29(23,27)28/h3-8,14,20-21,24,26H,9-13H2,1-2H3,(H2,23,27,28). The van der Waals surface area contributed by atoms with Gasteiger partial charge in [-0.2, -0.15) is 0 Å². The third-order valence-corrected chi connectivity index (χ3v) is 7.72. The average molecular weight is 416 g/mol. The van der Waals surface area contributed by atoms with Crippen LogP contribution in [0.15, 0.2) is 47.4 Å². The molecule has 6 nitrogen and oxygen atoms in total. The lowest BCUT2D eigenvalue weighted by Crippen LogP contribution is -2.66. The van der Waals surface area contributed by atoms with Gasteiger partial charge in [0.2, 0.25) is 10.0 Å². The molecule has 1 aliphatic carbocycles. The Hall–Kier alpha value is -1.93. The number of phenols is 1. The number of nitrogens with two attached hydrogens (primary N) is 1. The number of primary sulfonamides is 1. The molecule has 29 heavy (non-hydrogen) atoms. The minimum absolute atomic E-state index is 0.0268. The zero-order valence-electron chi connectivity index (χ0n) is 16.9. The van der Waals surface area contributed by atoms with Gasteiger partial charge in [0.1, 0.15) is 5.75 Å². The van der Waals surface area contributed by atoms with Crippen LogP contribution in [0.5, 0.6) is 5.75 Å². The molecule has 0 aromatic heterocycles. The largest absolute Gasteiger partial charge is 0.508 e. The first kappa shape index (κ1) is 20.3. The molecule has 7 heteroatoms. The summed E-state index contributed by atoms with van der Waals surface area (Å²) in [7, 11) is -1.46. The summed E-state index contributed by atoms with van der Waals surface area (Å²) in [6.45, 7) is 4.15. The lowest BCUT2D eigenvalue weighted by molar-refractivity contribution is 0.0663. The Morgan fingerprint density at radius 2 is 1.97 bits per heavy atom. The van der Waals surface area contributed by atoms with Crippen molar-refractivity contribution in [3.05, 3.63) is 59.2 Å². The number of likely N-dealkylation sites (N-methyl/N-ethyl adjacent to an activating group) is 1. The van der Waals surface area contributed by atoms with Crippen LogP contribution in [-0.4, -0.2) is 50.6 Å². The van der Waals surface area contributed by atoms with Crippen molar-refractivity contribution in [1.29, 1.82) is 0 Å². The summed E-state index contributed by atoms with van der Waals surface area (Å²) in [5.74, 6) is 0.330. The van der Waals surface area contributed by atoms with Crippen molar-refractivity contribution < 1.29 is 13.5 Å². The second-order valence-electron chi connectivity index (χ2n) is 8.63. The Balaban J connectivity index is 1.51. The number of phenolic OH excluding ortho intramolecular Hbond substituents is 1. The van der Waals surface area contributed by atoms with E-state index in [1.54, 1.807) is 18.2 Å². The molecule has 1 saturated heterocycles. The predicted molar refractivity (Wildman–Crippen MR) is 114 cm³/mol. The number of benzene rings is 2. The monoisotopic (exact) mass is 415 g/mol. The number of sulfonamides is 1. The molecule has 0 amide bonds. The third-order valence-electron chi connectivity index (χ3n) is 6.79. The van der Waals surface area contributed by atoms with Gasteiger partial charge in [-0.25, -0.2) is 13.6 Å². The predicted octanol–water partition coefficient (Wildman–Crippen LogP) is 1.76. The number of piperidine rings is 1. The molecule has 2 aromatic carbocycles. The molecule has 2 aromatic rings. The van der Waals surface area contributed by atoms with Crippen molar-refractivity contribution in [3.63, 3.8) is 0 Å². The quantitative estimate of drug-likeness (QED) is 0.692. The summed E-state index contributed by atoms with van der Waals surface area (Å²) in [4.78, 5) is 2.58. The van der Waals surface area contributed by atoms with E-state index in [9.17, 15) is 13.5 Å². The van der Waals surface area contributed by atoms with Gasteiger partial charge >= 0.3 is 0 Å². The summed E-state index contributed by atoms with van der Waals surface area (Å²) >= 11 is 0. The maximum atomic E-state index is 11.4. The molecule has 4 N–H and O–H groups in total. The first-order chi connectivity index (χ1) is 13.7. The van der Waals surface area contributed by atoms with Gasteiger partial charge in [0.25, 0.3) is 0 Å². The van der Waals surface area contributed by atoms with E-state index in [-0.39, 0.29) is 10.3 Å². The minimum atomic E-state index is -3.66. The highest BCUT2D eigenvalue weighted by atomic mass is 32.2. The van der Waals surface area contributed by atoms with Crippen LogP contribution >= 0.6 is 0 Å². The average Bonchev–Trinajstić information content (AvgIpc) is 2.67. The molecule has 1 aliphatic heterocycles. The van der Waals surface area contributed by atoms with Gasteiger partial charge in [0, 0.05) is 17.5 Å². The Morgan fingerprint density at radius 1 is 1.24 bits per heavy atom. The molecule has 1 fully saturated rings. The van der Waals surface area contributed by atoms with E-state index in [2.05, 4.69) is 30.3 Å². The molecule has 156 valence electrons. The Kier molecular flexibility index (Phi) is 5.19. The third kappa shape index (κ3) is 3.80. The fraction of sp³-hybridized carbons (Fsp3) is 0.455. The van der Waals surface area contributed by atoms with E-state index in [0.717, 1.165) is 37.9 Å².